The fraction of sp³-hybridized carbons (Fsp3) is 0.360. The van der Waals surface area contributed by atoms with E-state index in [1.807, 2.05) is 26.0 Å². The van der Waals surface area contributed by atoms with E-state index in [1.54, 1.807) is 43.5 Å². The zero-order valence-electron chi connectivity index (χ0n) is 18.7. The summed E-state index contributed by atoms with van der Waals surface area (Å²) in [5.41, 5.74) is 1.23. The van der Waals surface area contributed by atoms with E-state index in [-0.39, 0.29) is 11.3 Å². The number of Topliss-reactive ketones (excluding diaryl/α,β-unsaturated/α-hetero) is 1. The van der Waals surface area contributed by atoms with Crippen LogP contribution in [0.25, 0.3) is 5.76 Å². The fourth-order valence-corrected chi connectivity index (χ4v) is 3.78. The quantitative estimate of drug-likeness (QED) is 0.261. The van der Waals surface area contributed by atoms with E-state index >= 15 is 0 Å². The van der Waals surface area contributed by atoms with Crippen molar-refractivity contribution in [1.29, 1.82) is 0 Å². The van der Waals surface area contributed by atoms with E-state index in [0.717, 1.165) is 5.56 Å². The first kappa shape index (κ1) is 23.3. The molecule has 1 N–H and O–H groups in total. The molecule has 1 fully saturated rings. The Morgan fingerprint density at radius 2 is 1.50 bits per heavy atom. The van der Waals surface area contributed by atoms with Crippen molar-refractivity contribution in [2.24, 2.45) is 0 Å². The number of carbonyl (C=O) groups is 2. The van der Waals surface area contributed by atoms with Crippen LogP contribution in [0.1, 0.15) is 37.4 Å². The van der Waals surface area contributed by atoms with Gasteiger partial charge in [-0.2, -0.15) is 0 Å². The van der Waals surface area contributed by atoms with Gasteiger partial charge in [0.15, 0.2) is 0 Å². The largest absolute Gasteiger partial charge is 0.507 e. The van der Waals surface area contributed by atoms with E-state index in [0.29, 0.717) is 49.8 Å². The van der Waals surface area contributed by atoms with E-state index in [9.17, 15) is 14.7 Å². The molecule has 170 valence electrons. The maximum absolute atomic E-state index is 13.0. The number of aliphatic hydroxyl groups excluding tert-OH is 1. The number of benzene rings is 2. The lowest BCUT2D eigenvalue weighted by atomic mass is 9.95. The van der Waals surface area contributed by atoms with Crippen molar-refractivity contribution in [3.63, 3.8) is 0 Å². The molecule has 1 saturated heterocycles. The first-order valence-corrected chi connectivity index (χ1v) is 10.7. The average Bonchev–Trinajstić information content (AvgIpc) is 3.05. The Kier molecular flexibility index (Phi) is 7.89. The third kappa shape index (κ3) is 4.94. The first-order valence-electron chi connectivity index (χ1n) is 10.7. The highest BCUT2D eigenvalue weighted by Crippen LogP contribution is 2.40. The van der Waals surface area contributed by atoms with Crippen molar-refractivity contribution >= 4 is 17.4 Å². The number of ether oxygens (including phenoxy) is 3. The predicted molar refractivity (Wildman–Crippen MR) is 121 cm³/mol. The molecule has 2 aromatic carbocycles. The number of amides is 1. The van der Waals surface area contributed by atoms with Gasteiger partial charge in [-0.1, -0.05) is 12.1 Å². The van der Waals surface area contributed by atoms with Crippen molar-refractivity contribution in [2.45, 2.75) is 26.3 Å². The standard InChI is InChI=1S/C25H29NO6/c1-4-31-19-11-7-17(8-12-19)22-21(24(28)25(29)26(22)15-6-16-30-3)23(27)18-9-13-20(14-10-18)32-5-2/h7-14,22,27H,4-6,15-16H2,1-3H3/b23-21+. The molecule has 32 heavy (non-hydrogen) atoms. The summed E-state index contributed by atoms with van der Waals surface area (Å²) in [6.07, 6.45) is 0.570. The highest BCUT2D eigenvalue weighted by atomic mass is 16.5. The van der Waals surface area contributed by atoms with Crippen molar-refractivity contribution in [1.82, 2.24) is 4.90 Å². The maximum Gasteiger partial charge on any atom is 0.295 e. The van der Waals surface area contributed by atoms with Crippen LogP contribution in [0.3, 0.4) is 0 Å². The summed E-state index contributed by atoms with van der Waals surface area (Å²) >= 11 is 0. The second-order valence-electron chi connectivity index (χ2n) is 7.30. The third-order valence-corrected chi connectivity index (χ3v) is 5.23. The van der Waals surface area contributed by atoms with Crippen LogP contribution in [0.15, 0.2) is 54.1 Å². The molecule has 1 aliphatic heterocycles. The molecular formula is C25H29NO6. The second kappa shape index (κ2) is 10.8. The number of ketones is 1. The zero-order chi connectivity index (χ0) is 23.1. The van der Waals surface area contributed by atoms with Crippen LogP contribution >= 0.6 is 0 Å². The van der Waals surface area contributed by atoms with Gasteiger partial charge in [0.1, 0.15) is 17.3 Å². The molecule has 7 nitrogen and oxygen atoms in total. The molecule has 2 aromatic rings. The SMILES string of the molecule is CCOc1ccc(/C(O)=C2\C(=O)C(=O)N(CCCOC)C2c2ccc(OCC)cc2)cc1. The Bertz CT molecular complexity index is 965. The summed E-state index contributed by atoms with van der Waals surface area (Å²) in [5, 5.41) is 11.1. The molecule has 1 unspecified atom stereocenters. The molecule has 7 heteroatoms. The summed E-state index contributed by atoms with van der Waals surface area (Å²) in [4.78, 5) is 27.4. The number of hydrogen-bond acceptors (Lipinski definition) is 6. The Morgan fingerprint density at radius 3 is 2.03 bits per heavy atom. The predicted octanol–water partition coefficient (Wildman–Crippen LogP) is 3.94. The summed E-state index contributed by atoms with van der Waals surface area (Å²) in [6.45, 7) is 5.63. The van der Waals surface area contributed by atoms with Crippen LogP contribution in [0.5, 0.6) is 11.5 Å². The number of nitrogens with zero attached hydrogens (tertiary/aromatic N) is 1. The Hall–Kier alpha value is -3.32. The molecular weight excluding hydrogens is 410 g/mol. The highest BCUT2D eigenvalue weighted by Gasteiger charge is 2.45. The summed E-state index contributed by atoms with van der Waals surface area (Å²) in [7, 11) is 1.59. The van der Waals surface area contributed by atoms with Gasteiger partial charge in [0.2, 0.25) is 0 Å². The number of aliphatic hydroxyl groups is 1. The minimum Gasteiger partial charge on any atom is -0.507 e. The van der Waals surface area contributed by atoms with E-state index in [4.69, 9.17) is 14.2 Å². The Labute approximate surface area is 188 Å². The van der Waals surface area contributed by atoms with Crippen molar-refractivity contribution in [3.05, 3.63) is 65.2 Å². The highest BCUT2D eigenvalue weighted by molar-refractivity contribution is 6.46. The Morgan fingerprint density at radius 1 is 0.938 bits per heavy atom. The van der Waals surface area contributed by atoms with E-state index in [1.165, 1.54) is 4.90 Å². The van der Waals surface area contributed by atoms with E-state index in [2.05, 4.69) is 0 Å². The Balaban J connectivity index is 2.04. The minimum atomic E-state index is -0.701. The minimum absolute atomic E-state index is 0.0701. The second-order valence-corrected chi connectivity index (χ2v) is 7.30. The molecule has 0 radical (unpaired) electrons. The molecule has 0 aliphatic carbocycles. The molecule has 1 aliphatic rings. The zero-order valence-corrected chi connectivity index (χ0v) is 18.7. The van der Waals surface area contributed by atoms with Crippen LogP contribution in [-0.4, -0.2) is 55.2 Å². The maximum atomic E-state index is 13.0. The van der Waals surface area contributed by atoms with Gasteiger partial charge in [0, 0.05) is 25.8 Å². The van der Waals surface area contributed by atoms with Gasteiger partial charge in [-0.3, -0.25) is 9.59 Å². The van der Waals surface area contributed by atoms with Gasteiger partial charge < -0.3 is 24.2 Å². The van der Waals surface area contributed by atoms with Gasteiger partial charge in [0.05, 0.1) is 24.8 Å². The van der Waals surface area contributed by atoms with Crippen LogP contribution in [0, 0.1) is 0 Å². The van der Waals surface area contributed by atoms with Crippen molar-refractivity contribution < 1.29 is 28.9 Å². The molecule has 3 rings (SSSR count). The van der Waals surface area contributed by atoms with Crippen LogP contribution in [-0.2, 0) is 14.3 Å². The lowest BCUT2D eigenvalue weighted by molar-refractivity contribution is -0.140. The van der Waals surface area contributed by atoms with Crippen LogP contribution < -0.4 is 9.47 Å². The molecule has 1 heterocycles. The van der Waals surface area contributed by atoms with Crippen LogP contribution in [0.2, 0.25) is 0 Å². The molecule has 1 atom stereocenters. The number of rotatable bonds is 10. The molecule has 0 bridgehead atoms. The first-order chi connectivity index (χ1) is 15.5. The summed E-state index contributed by atoms with van der Waals surface area (Å²) < 4.78 is 16.1. The summed E-state index contributed by atoms with van der Waals surface area (Å²) in [5.74, 6) is -0.189. The van der Waals surface area contributed by atoms with Crippen molar-refractivity contribution in [3.8, 4) is 11.5 Å². The third-order valence-electron chi connectivity index (χ3n) is 5.23. The molecule has 0 aromatic heterocycles. The van der Waals surface area contributed by atoms with Crippen LogP contribution in [0.4, 0.5) is 0 Å². The lowest BCUT2D eigenvalue weighted by Crippen LogP contribution is -2.31. The van der Waals surface area contributed by atoms with Gasteiger partial charge in [-0.15, -0.1) is 0 Å². The van der Waals surface area contributed by atoms with Gasteiger partial charge >= 0.3 is 0 Å². The number of carbonyl (C=O) groups excluding carboxylic acids is 2. The molecule has 0 spiro atoms. The summed E-state index contributed by atoms with van der Waals surface area (Å²) in [6, 6.07) is 13.3. The average molecular weight is 440 g/mol. The van der Waals surface area contributed by atoms with Gasteiger partial charge in [-0.25, -0.2) is 0 Å². The number of likely N-dealkylation sites (tertiary alicyclic amines) is 1. The van der Waals surface area contributed by atoms with Gasteiger partial charge in [-0.05, 0) is 62.2 Å². The molecule has 1 amide bonds. The number of methoxy groups -OCH3 is 1. The van der Waals surface area contributed by atoms with Gasteiger partial charge in [0.25, 0.3) is 11.7 Å². The fourth-order valence-electron chi connectivity index (χ4n) is 3.78. The lowest BCUT2D eigenvalue weighted by Gasteiger charge is -2.25. The smallest absolute Gasteiger partial charge is 0.295 e. The number of hydrogen-bond donors (Lipinski definition) is 1. The topological polar surface area (TPSA) is 85.3 Å². The van der Waals surface area contributed by atoms with Crippen molar-refractivity contribution in [2.75, 3.05) is 33.5 Å². The van der Waals surface area contributed by atoms with E-state index < -0.39 is 17.7 Å². The molecule has 0 saturated carbocycles. The normalized spacial score (nSPS) is 17.6. The monoisotopic (exact) mass is 439 g/mol.